The largest absolute Gasteiger partial charge is 0.361 e. The maximum atomic E-state index is 14.6. The van der Waals surface area contributed by atoms with E-state index in [0.717, 1.165) is 41.6 Å². The van der Waals surface area contributed by atoms with Crippen LogP contribution in [-0.4, -0.2) is 6.21 Å². The number of benzene rings is 2. The van der Waals surface area contributed by atoms with Gasteiger partial charge in [-0.25, -0.2) is 4.39 Å². The standard InChI is InChI=1S/C23H26FN3/c1-5-9-10-16-11-12-17(13-22(16)26-7-3)19-14-21(24)20(15-25)23(27-8-4)18(19)6-2/h7-8,11-14,27H,4-6,9-10H2,1-3H3. The van der Waals surface area contributed by atoms with Gasteiger partial charge in [0.05, 0.1) is 11.4 Å². The van der Waals surface area contributed by atoms with E-state index in [2.05, 4.69) is 29.9 Å². The molecule has 140 valence electrons. The molecule has 0 bridgehead atoms. The Balaban J connectivity index is 2.68. The molecule has 3 nitrogen and oxygen atoms in total. The molecule has 4 heteroatoms. The summed E-state index contributed by atoms with van der Waals surface area (Å²) in [4.78, 5) is 4.51. The molecule has 0 aliphatic rings. The van der Waals surface area contributed by atoms with Crippen LogP contribution in [0.4, 0.5) is 15.8 Å². The van der Waals surface area contributed by atoms with Crippen molar-refractivity contribution in [1.82, 2.24) is 0 Å². The van der Waals surface area contributed by atoms with Crippen LogP contribution in [0.1, 0.15) is 50.3 Å². The summed E-state index contributed by atoms with van der Waals surface area (Å²) in [7, 11) is 0. The first-order valence-corrected chi connectivity index (χ1v) is 9.36. The summed E-state index contributed by atoms with van der Waals surface area (Å²) in [5.41, 5.74) is 5.16. The van der Waals surface area contributed by atoms with Crippen molar-refractivity contribution in [1.29, 1.82) is 5.26 Å². The van der Waals surface area contributed by atoms with Gasteiger partial charge in [-0.3, -0.25) is 4.99 Å². The van der Waals surface area contributed by atoms with Gasteiger partial charge in [0.25, 0.3) is 0 Å². The average Bonchev–Trinajstić information content (AvgIpc) is 2.67. The maximum Gasteiger partial charge on any atom is 0.143 e. The molecule has 1 N–H and O–H groups in total. The van der Waals surface area contributed by atoms with E-state index in [1.54, 1.807) is 6.21 Å². The van der Waals surface area contributed by atoms with Crippen molar-refractivity contribution in [2.75, 3.05) is 5.32 Å². The van der Waals surface area contributed by atoms with Crippen molar-refractivity contribution in [2.45, 2.75) is 46.5 Å². The summed E-state index contributed by atoms with van der Waals surface area (Å²) in [6, 6.07) is 9.49. The van der Waals surface area contributed by atoms with E-state index in [4.69, 9.17) is 0 Å². The van der Waals surface area contributed by atoms with Gasteiger partial charge in [0, 0.05) is 6.21 Å². The summed E-state index contributed by atoms with van der Waals surface area (Å²) in [6.45, 7) is 9.70. The molecule has 0 aliphatic carbocycles. The first-order valence-electron chi connectivity index (χ1n) is 9.36. The predicted octanol–water partition coefficient (Wildman–Crippen LogP) is 6.55. The highest BCUT2D eigenvalue weighted by atomic mass is 19.1. The van der Waals surface area contributed by atoms with Gasteiger partial charge < -0.3 is 5.32 Å². The maximum absolute atomic E-state index is 14.6. The van der Waals surface area contributed by atoms with Gasteiger partial charge in [0.1, 0.15) is 17.4 Å². The number of aliphatic imine (C=N–C) groups is 1. The second-order valence-electron chi connectivity index (χ2n) is 6.28. The zero-order chi connectivity index (χ0) is 19.8. The van der Waals surface area contributed by atoms with Crippen molar-refractivity contribution in [3.8, 4) is 17.2 Å². The zero-order valence-electron chi connectivity index (χ0n) is 16.3. The van der Waals surface area contributed by atoms with Gasteiger partial charge in [-0.2, -0.15) is 5.26 Å². The van der Waals surface area contributed by atoms with Crippen LogP contribution < -0.4 is 5.32 Å². The molecule has 0 radical (unpaired) electrons. The van der Waals surface area contributed by atoms with Crippen LogP contribution in [0, 0.1) is 17.1 Å². The highest BCUT2D eigenvalue weighted by molar-refractivity contribution is 5.80. The molecule has 2 rings (SSSR count). The van der Waals surface area contributed by atoms with E-state index >= 15 is 0 Å². The lowest BCUT2D eigenvalue weighted by atomic mass is 9.92. The normalized spacial score (nSPS) is 10.8. The van der Waals surface area contributed by atoms with Crippen LogP contribution in [0.25, 0.3) is 11.1 Å². The number of anilines is 1. The molecule has 0 spiro atoms. The number of nitrogens with zero attached hydrogens (tertiary/aromatic N) is 2. The van der Waals surface area contributed by atoms with Crippen molar-refractivity contribution in [3.05, 3.63) is 59.6 Å². The van der Waals surface area contributed by atoms with E-state index in [-0.39, 0.29) is 5.56 Å². The number of rotatable bonds is 8. The minimum absolute atomic E-state index is 0.0156. The third-order valence-corrected chi connectivity index (χ3v) is 4.56. The molecule has 0 heterocycles. The van der Waals surface area contributed by atoms with E-state index in [1.807, 2.05) is 32.0 Å². The van der Waals surface area contributed by atoms with Crippen LogP contribution in [-0.2, 0) is 12.8 Å². The first kappa shape index (κ1) is 20.4. The molecule has 0 saturated carbocycles. The number of unbranched alkanes of at least 4 members (excludes halogenated alkanes) is 1. The monoisotopic (exact) mass is 363 g/mol. The fraction of sp³-hybridized carbons (Fsp3) is 0.304. The number of nitrogens with one attached hydrogen (secondary N) is 1. The molecule has 0 saturated heterocycles. The van der Waals surface area contributed by atoms with Gasteiger partial charge in [-0.1, -0.05) is 39.0 Å². The molecule has 0 aromatic heterocycles. The third kappa shape index (κ3) is 4.43. The number of halogens is 1. The Labute approximate surface area is 161 Å². The van der Waals surface area contributed by atoms with Crippen LogP contribution in [0.15, 0.2) is 42.0 Å². The molecule has 27 heavy (non-hydrogen) atoms. The van der Waals surface area contributed by atoms with Crippen LogP contribution in [0.2, 0.25) is 0 Å². The topological polar surface area (TPSA) is 48.2 Å². The highest BCUT2D eigenvalue weighted by Gasteiger charge is 2.18. The van der Waals surface area contributed by atoms with Crippen LogP contribution in [0.3, 0.4) is 0 Å². The summed E-state index contributed by atoms with van der Waals surface area (Å²) in [6.07, 6.45) is 7.09. The Morgan fingerprint density at radius 2 is 2.07 bits per heavy atom. The van der Waals surface area contributed by atoms with Crippen molar-refractivity contribution < 1.29 is 4.39 Å². The molecule has 2 aromatic rings. The fourth-order valence-corrected chi connectivity index (χ4v) is 3.26. The Bertz CT molecular complexity index is 891. The summed E-state index contributed by atoms with van der Waals surface area (Å²) in [5.74, 6) is -0.537. The summed E-state index contributed by atoms with van der Waals surface area (Å²) < 4.78 is 14.6. The summed E-state index contributed by atoms with van der Waals surface area (Å²) in [5, 5.41) is 12.3. The molecule has 2 aromatic carbocycles. The number of hydrogen-bond donors (Lipinski definition) is 1. The fourth-order valence-electron chi connectivity index (χ4n) is 3.26. The molecule has 0 amide bonds. The second-order valence-corrected chi connectivity index (χ2v) is 6.28. The quantitative estimate of drug-likeness (QED) is 0.541. The molecule has 0 fully saturated rings. The predicted molar refractivity (Wildman–Crippen MR) is 112 cm³/mol. The average molecular weight is 363 g/mol. The van der Waals surface area contributed by atoms with Gasteiger partial charge in [0.2, 0.25) is 0 Å². The minimum Gasteiger partial charge on any atom is -0.361 e. The second kappa shape index (κ2) is 9.68. The lowest BCUT2D eigenvalue weighted by Gasteiger charge is -2.17. The highest BCUT2D eigenvalue weighted by Crippen LogP contribution is 2.37. The Kier molecular flexibility index (Phi) is 7.31. The van der Waals surface area contributed by atoms with E-state index in [1.165, 1.54) is 17.8 Å². The molecular formula is C23H26FN3. The molecular weight excluding hydrogens is 337 g/mol. The zero-order valence-corrected chi connectivity index (χ0v) is 16.3. The lowest BCUT2D eigenvalue weighted by molar-refractivity contribution is 0.624. The van der Waals surface area contributed by atoms with E-state index < -0.39 is 5.82 Å². The number of nitriles is 1. The van der Waals surface area contributed by atoms with Crippen LogP contribution in [0.5, 0.6) is 0 Å². The van der Waals surface area contributed by atoms with Crippen LogP contribution >= 0.6 is 0 Å². The van der Waals surface area contributed by atoms with E-state index in [0.29, 0.717) is 12.1 Å². The SMILES string of the molecule is C=CNc1c(C#N)c(F)cc(-c2ccc(CCCC)c(N=CC)c2)c1CC. The molecule has 0 atom stereocenters. The minimum atomic E-state index is -0.537. The number of aryl methyl sites for hydroxylation is 1. The van der Waals surface area contributed by atoms with Gasteiger partial charge >= 0.3 is 0 Å². The third-order valence-electron chi connectivity index (χ3n) is 4.56. The Hall–Kier alpha value is -2.93. The van der Waals surface area contributed by atoms with E-state index in [9.17, 15) is 9.65 Å². The first-order chi connectivity index (χ1) is 13.1. The Morgan fingerprint density at radius 1 is 1.30 bits per heavy atom. The molecule has 0 unspecified atom stereocenters. The van der Waals surface area contributed by atoms with Crippen molar-refractivity contribution >= 4 is 17.6 Å². The smallest absolute Gasteiger partial charge is 0.143 e. The Morgan fingerprint density at radius 3 is 2.67 bits per heavy atom. The van der Waals surface area contributed by atoms with Crippen molar-refractivity contribution in [3.63, 3.8) is 0 Å². The van der Waals surface area contributed by atoms with Gasteiger partial charge in [-0.15, -0.1) is 0 Å². The summed E-state index contributed by atoms with van der Waals surface area (Å²) >= 11 is 0. The van der Waals surface area contributed by atoms with Gasteiger partial charge in [0.15, 0.2) is 0 Å². The van der Waals surface area contributed by atoms with Crippen molar-refractivity contribution in [2.24, 2.45) is 4.99 Å². The molecule has 0 aliphatic heterocycles. The number of hydrogen-bond acceptors (Lipinski definition) is 3. The van der Waals surface area contributed by atoms with Gasteiger partial charge in [-0.05, 0) is 66.8 Å². The lowest BCUT2D eigenvalue weighted by Crippen LogP contribution is -2.03.